The first-order chi connectivity index (χ1) is 5.59. The van der Waals surface area contributed by atoms with Crippen molar-refractivity contribution in [1.29, 1.82) is 0 Å². The number of rotatable bonds is 2. The summed E-state index contributed by atoms with van der Waals surface area (Å²) < 4.78 is 0. The van der Waals surface area contributed by atoms with Crippen molar-refractivity contribution < 1.29 is 0 Å². The van der Waals surface area contributed by atoms with Crippen LogP contribution >= 0.6 is 0 Å². The van der Waals surface area contributed by atoms with Crippen LogP contribution in [-0.4, -0.2) is 0 Å². The number of allylic oxidation sites excluding steroid dienone is 3. The van der Waals surface area contributed by atoms with Crippen molar-refractivity contribution >= 4 is 0 Å². The van der Waals surface area contributed by atoms with Gasteiger partial charge in [-0.1, -0.05) is 51.5 Å². The summed E-state index contributed by atoms with van der Waals surface area (Å²) in [5, 5.41) is 0. The fourth-order valence-corrected chi connectivity index (χ4v) is 2.24. The minimum Gasteiger partial charge on any atom is -0.0988 e. The van der Waals surface area contributed by atoms with E-state index >= 15 is 0 Å². The average Bonchev–Trinajstić information content (AvgIpc) is 2.03. The summed E-state index contributed by atoms with van der Waals surface area (Å²) in [5.74, 6) is 0.733. The first-order valence-corrected chi connectivity index (χ1v) is 4.93. The number of hydrogen-bond donors (Lipinski definition) is 0. The second-order valence-electron chi connectivity index (χ2n) is 4.47. The summed E-state index contributed by atoms with van der Waals surface area (Å²) in [6.07, 6.45) is 8.22. The molecule has 0 saturated carbocycles. The van der Waals surface area contributed by atoms with Crippen molar-refractivity contribution in [2.75, 3.05) is 0 Å². The third-order valence-corrected chi connectivity index (χ3v) is 3.06. The molecule has 0 heterocycles. The second kappa shape index (κ2) is 3.47. The Bertz CT molecular complexity index is 200. The molecule has 68 valence electrons. The molecule has 1 aliphatic rings. The molecule has 0 fully saturated rings. The summed E-state index contributed by atoms with van der Waals surface area (Å²) in [6.45, 7) is 10.8. The molecule has 12 heavy (non-hydrogen) atoms. The normalized spacial score (nSPS) is 35.9. The monoisotopic (exact) mass is 164 g/mol. The van der Waals surface area contributed by atoms with Crippen LogP contribution in [0.15, 0.2) is 24.3 Å². The lowest BCUT2D eigenvalue weighted by Gasteiger charge is -2.35. The zero-order valence-corrected chi connectivity index (χ0v) is 8.56. The van der Waals surface area contributed by atoms with Gasteiger partial charge in [-0.15, -0.1) is 0 Å². The van der Waals surface area contributed by atoms with Crippen LogP contribution in [0.4, 0.5) is 0 Å². The van der Waals surface area contributed by atoms with Gasteiger partial charge in [-0.05, 0) is 24.2 Å². The Balaban J connectivity index is 2.78. The van der Waals surface area contributed by atoms with Gasteiger partial charge < -0.3 is 0 Å². The van der Waals surface area contributed by atoms with Gasteiger partial charge in [-0.25, -0.2) is 0 Å². The fourth-order valence-electron chi connectivity index (χ4n) is 2.24. The largest absolute Gasteiger partial charge is 0.0988 e. The van der Waals surface area contributed by atoms with Gasteiger partial charge in [0, 0.05) is 0 Å². The summed E-state index contributed by atoms with van der Waals surface area (Å²) in [4.78, 5) is 0. The Morgan fingerprint density at radius 1 is 1.75 bits per heavy atom. The second-order valence-corrected chi connectivity index (χ2v) is 4.47. The lowest BCUT2D eigenvalue weighted by molar-refractivity contribution is 0.241. The molecule has 0 saturated heterocycles. The SMILES string of the molecule is C=CC1=CC(C)CC(C)(CC)C1. The minimum absolute atomic E-state index is 0.525. The van der Waals surface area contributed by atoms with E-state index in [1.54, 1.807) is 0 Å². The van der Waals surface area contributed by atoms with Gasteiger partial charge in [0.15, 0.2) is 0 Å². The molecule has 0 aromatic heterocycles. The molecule has 0 spiro atoms. The molecular formula is C12H20. The van der Waals surface area contributed by atoms with Crippen LogP contribution in [0.3, 0.4) is 0 Å². The molecule has 0 aliphatic heterocycles. The first kappa shape index (κ1) is 9.57. The molecule has 1 aliphatic carbocycles. The van der Waals surface area contributed by atoms with E-state index in [-0.39, 0.29) is 0 Å². The van der Waals surface area contributed by atoms with Gasteiger partial charge >= 0.3 is 0 Å². The van der Waals surface area contributed by atoms with Crippen molar-refractivity contribution in [3.63, 3.8) is 0 Å². The Kier molecular flexibility index (Phi) is 2.76. The van der Waals surface area contributed by atoms with Gasteiger partial charge in [0.1, 0.15) is 0 Å². The van der Waals surface area contributed by atoms with E-state index in [2.05, 4.69) is 33.4 Å². The third kappa shape index (κ3) is 2.00. The van der Waals surface area contributed by atoms with Crippen molar-refractivity contribution in [2.24, 2.45) is 11.3 Å². The van der Waals surface area contributed by atoms with E-state index in [9.17, 15) is 0 Å². The third-order valence-electron chi connectivity index (χ3n) is 3.06. The van der Waals surface area contributed by atoms with Gasteiger partial charge in [-0.3, -0.25) is 0 Å². The van der Waals surface area contributed by atoms with E-state index in [1.165, 1.54) is 24.8 Å². The molecule has 1 rings (SSSR count). The van der Waals surface area contributed by atoms with E-state index in [1.807, 2.05) is 6.08 Å². The van der Waals surface area contributed by atoms with Gasteiger partial charge in [0.05, 0.1) is 0 Å². The van der Waals surface area contributed by atoms with Crippen molar-refractivity contribution in [2.45, 2.75) is 40.0 Å². The maximum atomic E-state index is 3.85. The molecule has 0 heteroatoms. The fraction of sp³-hybridized carbons (Fsp3) is 0.667. The molecule has 0 aromatic rings. The quantitative estimate of drug-likeness (QED) is 0.580. The van der Waals surface area contributed by atoms with E-state index in [0.717, 1.165) is 5.92 Å². The van der Waals surface area contributed by atoms with Crippen LogP contribution < -0.4 is 0 Å². The average molecular weight is 164 g/mol. The summed E-state index contributed by atoms with van der Waals surface area (Å²) in [7, 11) is 0. The summed E-state index contributed by atoms with van der Waals surface area (Å²) in [5.41, 5.74) is 1.97. The van der Waals surface area contributed by atoms with Gasteiger partial charge in [0.25, 0.3) is 0 Å². The van der Waals surface area contributed by atoms with Crippen LogP contribution in [0.1, 0.15) is 40.0 Å². The number of hydrogen-bond acceptors (Lipinski definition) is 0. The van der Waals surface area contributed by atoms with Gasteiger partial charge in [-0.2, -0.15) is 0 Å². The van der Waals surface area contributed by atoms with Crippen molar-refractivity contribution in [3.8, 4) is 0 Å². The zero-order valence-electron chi connectivity index (χ0n) is 8.56. The Labute approximate surface area is 76.4 Å². The molecule has 0 amide bonds. The van der Waals surface area contributed by atoms with E-state index in [0.29, 0.717) is 5.41 Å². The highest BCUT2D eigenvalue weighted by atomic mass is 14.3. The van der Waals surface area contributed by atoms with E-state index < -0.39 is 0 Å². The predicted molar refractivity (Wildman–Crippen MR) is 55.1 cm³/mol. The van der Waals surface area contributed by atoms with Crippen LogP contribution in [0.25, 0.3) is 0 Å². The zero-order chi connectivity index (χ0) is 9.19. The Morgan fingerprint density at radius 2 is 2.42 bits per heavy atom. The Hall–Kier alpha value is -0.520. The maximum Gasteiger partial charge on any atom is -0.0228 e. The predicted octanol–water partition coefficient (Wildman–Crippen LogP) is 3.95. The Morgan fingerprint density at radius 3 is 2.92 bits per heavy atom. The van der Waals surface area contributed by atoms with Crippen LogP contribution in [0, 0.1) is 11.3 Å². The molecule has 0 aromatic carbocycles. The lowest BCUT2D eigenvalue weighted by Crippen LogP contribution is -2.22. The van der Waals surface area contributed by atoms with Crippen LogP contribution in [-0.2, 0) is 0 Å². The lowest BCUT2D eigenvalue weighted by atomic mass is 9.70. The summed E-state index contributed by atoms with van der Waals surface area (Å²) >= 11 is 0. The standard InChI is InChI=1S/C12H20/c1-5-11-7-10(3)8-12(4,6-2)9-11/h5,7,10H,1,6,8-9H2,2-4H3. The van der Waals surface area contributed by atoms with Crippen LogP contribution in [0.5, 0.6) is 0 Å². The molecule has 2 atom stereocenters. The van der Waals surface area contributed by atoms with Crippen LogP contribution in [0.2, 0.25) is 0 Å². The topological polar surface area (TPSA) is 0 Å². The highest BCUT2D eigenvalue weighted by Crippen LogP contribution is 2.41. The maximum absolute atomic E-state index is 3.85. The molecule has 0 nitrogen and oxygen atoms in total. The molecular weight excluding hydrogens is 144 g/mol. The van der Waals surface area contributed by atoms with E-state index in [4.69, 9.17) is 0 Å². The summed E-state index contributed by atoms with van der Waals surface area (Å²) in [6, 6.07) is 0. The highest BCUT2D eigenvalue weighted by Gasteiger charge is 2.28. The molecule has 0 N–H and O–H groups in total. The smallest absolute Gasteiger partial charge is 0.0228 e. The molecule has 0 radical (unpaired) electrons. The minimum atomic E-state index is 0.525. The molecule has 2 unspecified atom stereocenters. The van der Waals surface area contributed by atoms with Crippen molar-refractivity contribution in [1.82, 2.24) is 0 Å². The van der Waals surface area contributed by atoms with Gasteiger partial charge in [0.2, 0.25) is 0 Å². The van der Waals surface area contributed by atoms with Crippen molar-refractivity contribution in [3.05, 3.63) is 24.3 Å². The molecule has 0 bridgehead atoms. The highest BCUT2D eigenvalue weighted by molar-refractivity contribution is 5.21. The first-order valence-electron chi connectivity index (χ1n) is 4.93.